The molecule has 1 aromatic rings. The standard InChI is InChI=1S/C16H27O2P/c1-2-3-4-5-6-7-8-9-12-15-13-10-11-14-16(15)18-19-17/h10-11,13-14H,2-9,12,19H2,1H3. The van der Waals surface area contributed by atoms with Crippen molar-refractivity contribution < 1.29 is 9.09 Å². The van der Waals surface area contributed by atoms with Crippen molar-refractivity contribution in [1.29, 1.82) is 0 Å². The molecule has 0 fully saturated rings. The number of unbranched alkanes of at least 4 members (excludes halogenated alkanes) is 7. The largest absolute Gasteiger partial charge is 0.447 e. The average molecular weight is 282 g/mol. The Kier molecular flexibility index (Phi) is 9.53. The maximum absolute atomic E-state index is 10.6. The third-order valence-corrected chi connectivity index (χ3v) is 3.80. The van der Waals surface area contributed by atoms with Crippen LogP contribution in [-0.2, 0) is 11.0 Å². The molecule has 0 N–H and O–H groups in total. The molecule has 0 bridgehead atoms. The molecule has 1 aromatic carbocycles. The molecule has 0 aromatic heterocycles. The second-order valence-corrected chi connectivity index (χ2v) is 5.47. The van der Waals surface area contributed by atoms with Crippen LogP contribution in [0.3, 0.4) is 0 Å². The van der Waals surface area contributed by atoms with Crippen LogP contribution in [0.25, 0.3) is 0 Å². The first-order chi connectivity index (χ1) is 9.38. The van der Waals surface area contributed by atoms with Gasteiger partial charge in [0.25, 0.3) is 0 Å². The fourth-order valence-corrected chi connectivity index (χ4v) is 2.66. The molecular formula is C16H27O2P. The molecule has 0 heterocycles. The van der Waals surface area contributed by atoms with Gasteiger partial charge in [-0.05, 0) is 24.5 Å². The highest BCUT2D eigenvalue weighted by molar-refractivity contribution is 7.17. The van der Waals surface area contributed by atoms with Crippen molar-refractivity contribution in [2.24, 2.45) is 0 Å². The highest BCUT2D eigenvalue weighted by Gasteiger charge is 2.01. The first-order valence-corrected chi connectivity index (χ1v) is 8.51. The molecule has 1 unspecified atom stereocenters. The van der Waals surface area contributed by atoms with Crippen molar-refractivity contribution in [3.05, 3.63) is 29.8 Å². The Morgan fingerprint density at radius 1 is 0.947 bits per heavy atom. The van der Waals surface area contributed by atoms with E-state index in [-0.39, 0.29) is 0 Å². The summed E-state index contributed by atoms with van der Waals surface area (Å²) in [5.74, 6) is 0.801. The predicted octanol–water partition coefficient (Wildman–Crippen LogP) is 5.42. The Morgan fingerprint density at radius 3 is 2.26 bits per heavy atom. The molecule has 0 saturated heterocycles. The maximum atomic E-state index is 10.6. The van der Waals surface area contributed by atoms with Gasteiger partial charge < -0.3 is 4.52 Å². The van der Waals surface area contributed by atoms with Crippen LogP contribution in [0.2, 0.25) is 0 Å². The van der Waals surface area contributed by atoms with Crippen LogP contribution in [0.15, 0.2) is 24.3 Å². The molecule has 108 valence electrons. The molecule has 0 radical (unpaired) electrons. The Morgan fingerprint density at radius 2 is 1.58 bits per heavy atom. The van der Waals surface area contributed by atoms with Crippen molar-refractivity contribution in [3.8, 4) is 5.75 Å². The number of hydrogen-bond acceptors (Lipinski definition) is 2. The van der Waals surface area contributed by atoms with Crippen molar-refractivity contribution in [3.63, 3.8) is 0 Å². The molecule has 0 saturated carbocycles. The van der Waals surface area contributed by atoms with Crippen LogP contribution in [0.4, 0.5) is 0 Å². The van der Waals surface area contributed by atoms with Gasteiger partial charge in [0, 0.05) is 0 Å². The van der Waals surface area contributed by atoms with Crippen LogP contribution in [0, 0.1) is 0 Å². The molecule has 0 aliphatic carbocycles. The summed E-state index contributed by atoms with van der Waals surface area (Å²) in [5, 5.41) is 0. The first-order valence-electron chi connectivity index (χ1n) is 7.56. The highest BCUT2D eigenvalue weighted by Crippen LogP contribution is 2.23. The minimum absolute atomic E-state index is 0.801. The Hall–Kier alpha value is -0.750. The molecule has 0 amide bonds. The van der Waals surface area contributed by atoms with E-state index in [0.717, 1.165) is 12.2 Å². The smallest absolute Gasteiger partial charge is 0.225 e. The molecule has 3 heteroatoms. The zero-order chi connectivity index (χ0) is 13.8. The van der Waals surface area contributed by atoms with Crippen molar-refractivity contribution in [1.82, 2.24) is 0 Å². The normalized spacial score (nSPS) is 11.2. The van der Waals surface area contributed by atoms with E-state index in [1.807, 2.05) is 18.2 Å². The third-order valence-electron chi connectivity index (χ3n) is 3.45. The summed E-state index contributed by atoms with van der Waals surface area (Å²) in [4.78, 5) is 0. The van der Waals surface area contributed by atoms with Crippen LogP contribution < -0.4 is 4.52 Å². The second kappa shape index (κ2) is 11.1. The molecule has 1 atom stereocenters. The van der Waals surface area contributed by atoms with E-state index < -0.39 is 8.69 Å². The number of aryl methyl sites for hydroxylation is 1. The van der Waals surface area contributed by atoms with E-state index in [2.05, 4.69) is 13.0 Å². The van der Waals surface area contributed by atoms with Crippen LogP contribution in [0.5, 0.6) is 5.75 Å². The molecule has 1 rings (SSSR count). The third kappa shape index (κ3) is 7.42. The summed E-state index contributed by atoms with van der Waals surface area (Å²) in [5.41, 5.74) is 1.19. The lowest BCUT2D eigenvalue weighted by Crippen LogP contribution is -1.89. The van der Waals surface area contributed by atoms with Crippen molar-refractivity contribution in [2.75, 3.05) is 0 Å². The average Bonchev–Trinajstić information content (AvgIpc) is 2.44. The van der Waals surface area contributed by atoms with E-state index in [9.17, 15) is 4.57 Å². The van der Waals surface area contributed by atoms with E-state index in [1.54, 1.807) is 0 Å². The van der Waals surface area contributed by atoms with E-state index in [4.69, 9.17) is 4.52 Å². The van der Waals surface area contributed by atoms with Gasteiger partial charge in [0.2, 0.25) is 8.69 Å². The van der Waals surface area contributed by atoms with Gasteiger partial charge in [0.15, 0.2) is 0 Å². The monoisotopic (exact) mass is 282 g/mol. The van der Waals surface area contributed by atoms with Gasteiger partial charge in [0.1, 0.15) is 5.75 Å². The fraction of sp³-hybridized carbons (Fsp3) is 0.625. The van der Waals surface area contributed by atoms with Crippen LogP contribution >= 0.6 is 8.69 Å². The molecule has 2 nitrogen and oxygen atoms in total. The van der Waals surface area contributed by atoms with E-state index in [0.29, 0.717) is 0 Å². The van der Waals surface area contributed by atoms with Crippen LogP contribution in [0.1, 0.15) is 63.9 Å². The predicted molar refractivity (Wildman–Crippen MR) is 83.8 cm³/mol. The van der Waals surface area contributed by atoms with Gasteiger partial charge in [-0.2, -0.15) is 0 Å². The summed E-state index contributed by atoms with van der Waals surface area (Å²) < 4.78 is 15.8. The Labute approximate surface area is 118 Å². The highest BCUT2D eigenvalue weighted by atomic mass is 31.1. The minimum Gasteiger partial charge on any atom is -0.447 e. The summed E-state index contributed by atoms with van der Waals surface area (Å²) in [6.07, 6.45) is 11.7. The van der Waals surface area contributed by atoms with Gasteiger partial charge in [-0.15, -0.1) is 0 Å². The molecule has 0 aliphatic heterocycles. The van der Waals surface area contributed by atoms with E-state index in [1.165, 1.54) is 56.9 Å². The van der Waals surface area contributed by atoms with Gasteiger partial charge >= 0.3 is 0 Å². The number of para-hydroxylation sites is 1. The second-order valence-electron chi connectivity index (χ2n) is 5.05. The number of hydrogen-bond donors (Lipinski definition) is 0. The quantitative estimate of drug-likeness (QED) is 0.400. The molecule has 19 heavy (non-hydrogen) atoms. The van der Waals surface area contributed by atoms with Crippen LogP contribution in [-0.4, -0.2) is 0 Å². The minimum atomic E-state index is -1.16. The van der Waals surface area contributed by atoms with Gasteiger partial charge in [0.05, 0.1) is 0 Å². The van der Waals surface area contributed by atoms with Gasteiger partial charge in [-0.3, -0.25) is 4.57 Å². The fourth-order valence-electron chi connectivity index (χ4n) is 2.33. The van der Waals surface area contributed by atoms with Crippen molar-refractivity contribution >= 4 is 8.69 Å². The molecule has 0 aliphatic rings. The number of rotatable bonds is 11. The first kappa shape index (κ1) is 16.3. The SMILES string of the molecule is CCCCCCCCCCc1ccccc1O[PH2]=O. The van der Waals surface area contributed by atoms with Gasteiger partial charge in [-0.25, -0.2) is 0 Å². The lowest BCUT2D eigenvalue weighted by Gasteiger charge is -2.07. The molecular weight excluding hydrogens is 255 g/mol. The Bertz CT molecular complexity index is 352. The van der Waals surface area contributed by atoms with Gasteiger partial charge in [-0.1, -0.05) is 70.1 Å². The zero-order valence-corrected chi connectivity index (χ0v) is 13.2. The molecule has 0 spiro atoms. The van der Waals surface area contributed by atoms with Crippen molar-refractivity contribution in [2.45, 2.75) is 64.7 Å². The maximum Gasteiger partial charge on any atom is 0.225 e. The summed E-state index contributed by atoms with van der Waals surface area (Å²) >= 11 is 0. The lowest BCUT2D eigenvalue weighted by molar-refractivity contribution is 0.519. The summed E-state index contributed by atoms with van der Waals surface area (Å²) in [6, 6.07) is 7.94. The topological polar surface area (TPSA) is 26.3 Å². The Balaban J connectivity index is 2.13. The lowest BCUT2D eigenvalue weighted by atomic mass is 10.0. The zero-order valence-electron chi connectivity index (χ0n) is 12.1. The van der Waals surface area contributed by atoms with E-state index >= 15 is 0 Å². The number of benzene rings is 1. The summed E-state index contributed by atoms with van der Waals surface area (Å²) in [7, 11) is -1.16. The summed E-state index contributed by atoms with van der Waals surface area (Å²) in [6.45, 7) is 2.25.